The maximum atomic E-state index is 12.0. The normalized spacial score (nSPS) is 14.0. The molecule has 8 heteroatoms. The number of amides is 1. The summed E-state index contributed by atoms with van der Waals surface area (Å²) in [4.78, 5) is 36.7. The number of fused-ring (bicyclic) bond motifs is 1. The van der Waals surface area contributed by atoms with Crippen molar-refractivity contribution in [2.75, 3.05) is 0 Å². The zero-order valence-electron chi connectivity index (χ0n) is 13.4. The number of nitrogens with zero attached hydrogens (tertiary/aromatic N) is 2. The van der Waals surface area contributed by atoms with E-state index < -0.39 is 11.2 Å². The lowest BCUT2D eigenvalue weighted by Gasteiger charge is -2.07. The van der Waals surface area contributed by atoms with Crippen molar-refractivity contribution in [3.05, 3.63) is 50.1 Å². The van der Waals surface area contributed by atoms with Crippen LogP contribution < -0.4 is 16.6 Å². The fourth-order valence-corrected chi connectivity index (χ4v) is 2.99. The van der Waals surface area contributed by atoms with Gasteiger partial charge in [0.25, 0.3) is 5.56 Å². The zero-order chi connectivity index (χ0) is 16.9. The summed E-state index contributed by atoms with van der Waals surface area (Å²) in [6.07, 6.45) is 7.13. The Balaban J connectivity index is 1.53. The number of hydrogen-bond acceptors (Lipinski definition) is 4. The third kappa shape index (κ3) is 3.81. The summed E-state index contributed by atoms with van der Waals surface area (Å²) in [5.74, 6) is -0.154. The first-order valence-corrected chi connectivity index (χ1v) is 8.25. The number of carbonyl (C=O) groups excluding carboxylic acids is 1. The Morgan fingerprint density at radius 3 is 2.92 bits per heavy atom. The highest BCUT2D eigenvalue weighted by atomic mass is 16.2. The van der Waals surface area contributed by atoms with Gasteiger partial charge in [0.05, 0.1) is 12.2 Å². The second-order valence-electron chi connectivity index (χ2n) is 6.02. The summed E-state index contributed by atoms with van der Waals surface area (Å²) < 4.78 is 1.31. The Morgan fingerprint density at radius 1 is 1.25 bits per heavy atom. The van der Waals surface area contributed by atoms with Gasteiger partial charge in [0.15, 0.2) is 0 Å². The van der Waals surface area contributed by atoms with Crippen LogP contribution in [-0.2, 0) is 30.7 Å². The molecule has 0 unspecified atom stereocenters. The number of nitrogens with one attached hydrogen (secondary N) is 3. The van der Waals surface area contributed by atoms with Crippen molar-refractivity contribution >= 4 is 5.91 Å². The zero-order valence-corrected chi connectivity index (χ0v) is 13.4. The summed E-state index contributed by atoms with van der Waals surface area (Å²) in [5.41, 5.74) is 2.38. The topological polar surface area (TPSA) is 113 Å². The van der Waals surface area contributed by atoms with E-state index in [4.69, 9.17) is 0 Å². The van der Waals surface area contributed by atoms with Crippen LogP contribution in [0.25, 0.3) is 0 Å². The number of H-pyrrole nitrogens is 2. The predicted molar refractivity (Wildman–Crippen MR) is 87.6 cm³/mol. The van der Waals surface area contributed by atoms with Crippen LogP contribution in [0.5, 0.6) is 0 Å². The quantitative estimate of drug-likeness (QED) is 0.681. The number of aromatic amines is 2. The van der Waals surface area contributed by atoms with Crippen molar-refractivity contribution in [1.29, 1.82) is 0 Å². The Hall–Kier alpha value is -2.64. The van der Waals surface area contributed by atoms with E-state index in [1.165, 1.54) is 40.9 Å². The molecule has 3 rings (SSSR count). The van der Waals surface area contributed by atoms with E-state index in [1.807, 2.05) is 0 Å². The summed E-state index contributed by atoms with van der Waals surface area (Å²) in [6, 6.07) is 1.26. The molecular weight excluding hydrogens is 310 g/mol. The van der Waals surface area contributed by atoms with Gasteiger partial charge in [-0.2, -0.15) is 5.10 Å². The predicted octanol–water partition coefficient (Wildman–Crippen LogP) is 0.235. The van der Waals surface area contributed by atoms with Gasteiger partial charge < -0.3 is 9.88 Å². The fourth-order valence-electron chi connectivity index (χ4n) is 2.99. The van der Waals surface area contributed by atoms with Crippen LogP contribution in [-0.4, -0.2) is 25.7 Å². The van der Waals surface area contributed by atoms with Crippen molar-refractivity contribution in [3.8, 4) is 0 Å². The van der Waals surface area contributed by atoms with Gasteiger partial charge in [-0.3, -0.25) is 19.7 Å². The van der Waals surface area contributed by atoms with Gasteiger partial charge in [-0.1, -0.05) is 6.42 Å². The lowest BCUT2D eigenvalue weighted by Crippen LogP contribution is -2.31. The van der Waals surface area contributed by atoms with Gasteiger partial charge in [0.1, 0.15) is 0 Å². The van der Waals surface area contributed by atoms with Gasteiger partial charge >= 0.3 is 5.69 Å². The van der Waals surface area contributed by atoms with Crippen molar-refractivity contribution in [1.82, 2.24) is 25.1 Å². The fraction of sp³-hybridized carbons (Fsp3) is 0.500. The molecule has 1 aliphatic rings. The molecule has 24 heavy (non-hydrogen) atoms. The lowest BCUT2D eigenvalue weighted by molar-refractivity contribution is -0.121. The third-order valence-electron chi connectivity index (χ3n) is 4.32. The summed E-state index contributed by atoms with van der Waals surface area (Å²) in [5, 5.41) is 10.2. The number of rotatable bonds is 5. The van der Waals surface area contributed by atoms with Crippen LogP contribution >= 0.6 is 0 Å². The molecule has 2 aromatic heterocycles. The van der Waals surface area contributed by atoms with Gasteiger partial charge in [-0.05, 0) is 31.2 Å². The minimum absolute atomic E-state index is 0.154. The van der Waals surface area contributed by atoms with Crippen molar-refractivity contribution < 1.29 is 4.79 Å². The maximum Gasteiger partial charge on any atom is 0.328 e. The number of aromatic nitrogens is 4. The van der Waals surface area contributed by atoms with Gasteiger partial charge in [0.2, 0.25) is 5.91 Å². The largest absolute Gasteiger partial charge is 0.350 e. The van der Waals surface area contributed by atoms with E-state index in [-0.39, 0.29) is 18.9 Å². The molecule has 3 N–H and O–H groups in total. The number of carbonyl (C=O) groups is 1. The van der Waals surface area contributed by atoms with Crippen molar-refractivity contribution in [2.45, 2.75) is 51.6 Å². The highest BCUT2D eigenvalue weighted by Gasteiger charge is 2.16. The number of aryl methyl sites for hydroxylation is 2. The smallest absolute Gasteiger partial charge is 0.328 e. The van der Waals surface area contributed by atoms with E-state index >= 15 is 0 Å². The summed E-state index contributed by atoms with van der Waals surface area (Å²) in [7, 11) is 0. The van der Waals surface area contributed by atoms with Crippen LogP contribution in [0.15, 0.2) is 21.9 Å². The lowest BCUT2D eigenvalue weighted by atomic mass is 10.1. The molecule has 0 fully saturated rings. The van der Waals surface area contributed by atoms with Crippen LogP contribution in [0.2, 0.25) is 0 Å². The molecule has 1 amide bonds. The molecule has 128 valence electrons. The molecule has 0 bridgehead atoms. The SMILES string of the molecule is O=C(CCn1ccc(=O)[nH]c1=O)NCc1n[nH]c2c1CCCCC2. The standard InChI is InChI=1S/C16H21N5O3/c22-14(6-8-21-9-7-15(23)18-16(21)24)17-10-13-11-4-2-1-3-5-12(11)19-20-13/h7,9H,1-6,8,10H2,(H,17,22)(H,19,20)(H,18,23,24). The molecule has 0 spiro atoms. The highest BCUT2D eigenvalue weighted by molar-refractivity contribution is 5.75. The average Bonchev–Trinajstić information content (AvgIpc) is 2.78. The molecule has 0 aliphatic heterocycles. The summed E-state index contributed by atoms with van der Waals surface area (Å²) >= 11 is 0. The maximum absolute atomic E-state index is 12.0. The van der Waals surface area contributed by atoms with Crippen molar-refractivity contribution in [3.63, 3.8) is 0 Å². The van der Waals surface area contributed by atoms with E-state index in [0.717, 1.165) is 25.0 Å². The Kier molecular flexibility index (Phi) is 4.93. The highest BCUT2D eigenvalue weighted by Crippen LogP contribution is 2.21. The molecule has 0 radical (unpaired) electrons. The first kappa shape index (κ1) is 16.2. The van der Waals surface area contributed by atoms with E-state index in [1.54, 1.807) is 0 Å². The van der Waals surface area contributed by atoms with Gasteiger partial charge in [0, 0.05) is 30.9 Å². The third-order valence-corrected chi connectivity index (χ3v) is 4.32. The molecule has 1 aliphatic carbocycles. The number of hydrogen-bond donors (Lipinski definition) is 3. The molecule has 2 aromatic rings. The minimum Gasteiger partial charge on any atom is -0.350 e. The Bertz CT molecular complexity index is 833. The summed E-state index contributed by atoms with van der Waals surface area (Å²) in [6.45, 7) is 0.616. The Labute approximate surface area is 138 Å². The molecule has 2 heterocycles. The van der Waals surface area contributed by atoms with Gasteiger partial charge in [-0.25, -0.2) is 4.79 Å². The minimum atomic E-state index is -0.507. The van der Waals surface area contributed by atoms with Crippen LogP contribution in [0.4, 0.5) is 0 Å². The second kappa shape index (κ2) is 7.29. The second-order valence-corrected chi connectivity index (χ2v) is 6.02. The van der Waals surface area contributed by atoms with Crippen LogP contribution in [0.3, 0.4) is 0 Å². The molecule has 0 atom stereocenters. The monoisotopic (exact) mass is 331 g/mol. The average molecular weight is 331 g/mol. The van der Waals surface area contributed by atoms with E-state index in [0.29, 0.717) is 6.54 Å². The molecule has 8 nitrogen and oxygen atoms in total. The van der Waals surface area contributed by atoms with Gasteiger partial charge in [-0.15, -0.1) is 0 Å². The first-order chi connectivity index (χ1) is 11.6. The molecular formula is C16H21N5O3. The molecule has 0 saturated heterocycles. The molecule has 0 saturated carbocycles. The van der Waals surface area contributed by atoms with Crippen molar-refractivity contribution in [2.24, 2.45) is 0 Å². The van der Waals surface area contributed by atoms with Crippen LogP contribution in [0, 0.1) is 0 Å². The Morgan fingerprint density at radius 2 is 2.08 bits per heavy atom. The van der Waals surface area contributed by atoms with E-state index in [2.05, 4.69) is 20.5 Å². The first-order valence-electron chi connectivity index (χ1n) is 8.25. The van der Waals surface area contributed by atoms with E-state index in [9.17, 15) is 14.4 Å². The van der Waals surface area contributed by atoms with Crippen LogP contribution in [0.1, 0.15) is 42.6 Å². The molecule has 0 aromatic carbocycles.